The minimum atomic E-state index is -0.353. The number of nitrogens with zero attached hydrogens (tertiary/aromatic N) is 6. The van der Waals surface area contributed by atoms with Crippen LogP contribution in [0.4, 0.5) is 0 Å². The normalized spacial score (nSPS) is 19.0. The van der Waals surface area contributed by atoms with E-state index in [0.29, 0.717) is 11.2 Å². The fraction of sp³-hybridized carbons (Fsp3) is 0.611. The van der Waals surface area contributed by atoms with Crippen molar-refractivity contribution in [2.24, 2.45) is 20.0 Å². The highest BCUT2D eigenvalue weighted by molar-refractivity contribution is 5.75. The number of imidazole rings is 2. The second-order valence-corrected chi connectivity index (χ2v) is 7.63. The molecule has 26 heavy (non-hydrogen) atoms. The van der Waals surface area contributed by atoms with Crippen molar-refractivity contribution in [3.63, 3.8) is 0 Å². The van der Waals surface area contributed by atoms with E-state index < -0.39 is 0 Å². The van der Waals surface area contributed by atoms with Crippen LogP contribution in [-0.2, 0) is 20.6 Å². The van der Waals surface area contributed by atoms with Crippen LogP contribution in [-0.4, -0.2) is 47.6 Å². The first-order valence-electron chi connectivity index (χ1n) is 9.24. The number of fused-ring (bicyclic) bond motifs is 3. The molecular weight excluding hydrogens is 332 g/mol. The Morgan fingerprint density at radius 1 is 1.19 bits per heavy atom. The lowest BCUT2D eigenvalue weighted by atomic mass is 10.0. The Balaban J connectivity index is 1.77. The average molecular weight is 358 g/mol. The largest absolute Gasteiger partial charge is 0.332 e. The molecule has 1 saturated heterocycles. The lowest BCUT2D eigenvalue weighted by molar-refractivity contribution is 0.178. The molecule has 4 rings (SSSR count). The van der Waals surface area contributed by atoms with Crippen molar-refractivity contribution in [3.8, 4) is 0 Å². The Bertz CT molecular complexity index is 1100. The van der Waals surface area contributed by atoms with Crippen LogP contribution in [0.1, 0.15) is 25.5 Å². The van der Waals surface area contributed by atoms with E-state index in [1.165, 1.54) is 24.5 Å². The molecule has 0 N–H and O–H groups in total. The second-order valence-electron chi connectivity index (χ2n) is 7.63. The summed E-state index contributed by atoms with van der Waals surface area (Å²) >= 11 is 0. The third kappa shape index (κ3) is 2.51. The highest BCUT2D eigenvalue weighted by atomic mass is 16.2. The van der Waals surface area contributed by atoms with Crippen molar-refractivity contribution < 1.29 is 0 Å². The van der Waals surface area contributed by atoms with Crippen LogP contribution in [0, 0.1) is 12.8 Å². The average Bonchev–Trinajstić information content (AvgIpc) is 3.11. The van der Waals surface area contributed by atoms with E-state index >= 15 is 0 Å². The van der Waals surface area contributed by atoms with E-state index in [1.807, 2.05) is 17.5 Å². The summed E-state index contributed by atoms with van der Waals surface area (Å²) < 4.78 is 6.54. The number of aryl methyl sites for hydroxylation is 2. The van der Waals surface area contributed by atoms with Gasteiger partial charge in [0, 0.05) is 45.6 Å². The zero-order valence-electron chi connectivity index (χ0n) is 15.9. The van der Waals surface area contributed by atoms with Crippen molar-refractivity contribution in [1.82, 2.24) is 28.0 Å². The first kappa shape index (κ1) is 17.1. The molecular formula is C18H26N6O2. The van der Waals surface area contributed by atoms with Crippen LogP contribution >= 0.6 is 0 Å². The van der Waals surface area contributed by atoms with Crippen molar-refractivity contribution in [1.29, 1.82) is 0 Å². The molecule has 8 heteroatoms. The van der Waals surface area contributed by atoms with Gasteiger partial charge in [-0.15, -0.1) is 0 Å². The topological polar surface area (TPSA) is 69.5 Å². The minimum absolute atomic E-state index is 0.308. The molecule has 1 aliphatic heterocycles. The number of hydrogen-bond acceptors (Lipinski definition) is 4. The van der Waals surface area contributed by atoms with Gasteiger partial charge in [0.05, 0.1) is 0 Å². The molecule has 1 aliphatic rings. The van der Waals surface area contributed by atoms with Crippen LogP contribution in [0.25, 0.3) is 16.9 Å². The smallest absolute Gasteiger partial charge is 0.313 e. The van der Waals surface area contributed by atoms with Crippen LogP contribution in [0.2, 0.25) is 0 Å². The van der Waals surface area contributed by atoms with Gasteiger partial charge in [0.2, 0.25) is 5.78 Å². The lowest BCUT2D eigenvalue weighted by Crippen LogP contribution is -2.37. The predicted octanol–water partition coefficient (Wildman–Crippen LogP) is 0.727. The van der Waals surface area contributed by atoms with E-state index in [0.717, 1.165) is 48.1 Å². The molecule has 1 atom stereocenters. The van der Waals surface area contributed by atoms with Crippen LogP contribution in [0.3, 0.4) is 0 Å². The van der Waals surface area contributed by atoms with Crippen molar-refractivity contribution >= 4 is 16.9 Å². The Morgan fingerprint density at radius 2 is 1.96 bits per heavy atom. The van der Waals surface area contributed by atoms with E-state index in [2.05, 4.69) is 21.4 Å². The SMILES string of the molecule is Cc1cn2c3c(=O)n(C)c(=O)n(C)c3nc2n1CCN1CCC[C@@H](C)C1. The summed E-state index contributed by atoms with van der Waals surface area (Å²) in [6, 6.07) is 0. The molecule has 0 unspecified atom stereocenters. The molecule has 0 bridgehead atoms. The molecule has 0 aromatic carbocycles. The number of hydrogen-bond donors (Lipinski definition) is 0. The summed E-state index contributed by atoms with van der Waals surface area (Å²) in [6.07, 6.45) is 4.51. The van der Waals surface area contributed by atoms with E-state index in [-0.39, 0.29) is 11.2 Å². The van der Waals surface area contributed by atoms with Crippen LogP contribution in [0.5, 0.6) is 0 Å². The molecule has 3 aromatic rings. The number of rotatable bonds is 3. The van der Waals surface area contributed by atoms with Gasteiger partial charge in [0.1, 0.15) is 0 Å². The summed E-state index contributed by atoms with van der Waals surface area (Å²) in [5.74, 6) is 1.47. The Labute approximate surface area is 151 Å². The fourth-order valence-electron chi connectivity index (χ4n) is 4.14. The van der Waals surface area contributed by atoms with Crippen LogP contribution < -0.4 is 11.2 Å². The summed E-state index contributed by atoms with van der Waals surface area (Å²) in [5.41, 5.74) is 1.30. The summed E-state index contributed by atoms with van der Waals surface area (Å²) in [7, 11) is 3.16. The Kier molecular flexibility index (Phi) is 4.02. The summed E-state index contributed by atoms with van der Waals surface area (Å²) in [4.78, 5) is 31.9. The molecule has 3 aromatic heterocycles. The molecule has 4 heterocycles. The van der Waals surface area contributed by atoms with Gasteiger partial charge in [0.15, 0.2) is 11.2 Å². The first-order valence-corrected chi connectivity index (χ1v) is 9.24. The molecule has 0 amide bonds. The summed E-state index contributed by atoms with van der Waals surface area (Å²) in [6.45, 7) is 8.42. The lowest BCUT2D eigenvalue weighted by Gasteiger charge is -2.30. The quantitative estimate of drug-likeness (QED) is 0.692. The Hall–Kier alpha value is -2.35. The van der Waals surface area contributed by atoms with Gasteiger partial charge < -0.3 is 9.47 Å². The third-order valence-corrected chi connectivity index (χ3v) is 5.64. The maximum absolute atomic E-state index is 12.6. The van der Waals surface area contributed by atoms with Gasteiger partial charge in [-0.05, 0) is 32.2 Å². The molecule has 140 valence electrons. The van der Waals surface area contributed by atoms with Gasteiger partial charge in [0.25, 0.3) is 5.56 Å². The standard InChI is InChI=1S/C18H26N6O2/c1-12-6-5-7-22(10-12)8-9-23-13(2)11-24-14-15(19-17(23)24)20(3)18(26)21(4)16(14)25/h11-12H,5-10H2,1-4H3/t12-/m1/s1. The predicted molar refractivity (Wildman–Crippen MR) is 101 cm³/mol. The molecule has 8 nitrogen and oxygen atoms in total. The molecule has 1 fully saturated rings. The zero-order chi connectivity index (χ0) is 18.6. The second kappa shape index (κ2) is 6.12. The van der Waals surface area contributed by atoms with Gasteiger partial charge in [-0.25, -0.2) is 4.79 Å². The highest BCUT2D eigenvalue weighted by Gasteiger charge is 2.20. The van der Waals surface area contributed by atoms with Crippen molar-refractivity contribution in [2.45, 2.75) is 33.2 Å². The molecule has 0 spiro atoms. The monoisotopic (exact) mass is 358 g/mol. The van der Waals surface area contributed by atoms with E-state index in [4.69, 9.17) is 0 Å². The molecule has 0 radical (unpaired) electrons. The number of aromatic nitrogens is 5. The number of piperidine rings is 1. The van der Waals surface area contributed by atoms with Crippen molar-refractivity contribution in [3.05, 3.63) is 32.7 Å². The molecule has 0 saturated carbocycles. The highest BCUT2D eigenvalue weighted by Crippen LogP contribution is 2.18. The van der Waals surface area contributed by atoms with Gasteiger partial charge in [-0.2, -0.15) is 4.98 Å². The van der Waals surface area contributed by atoms with Crippen molar-refractivity contribution in [2.75, 3.05) is 19.6 Å². The number of likely N-dealkylation sites (tertiary alicyclic amines) is 1. The minimum Gasteiger partial charge on any atom is -0.313 e. The Morgan fingerprint density at radius 3 is 2.69 bits per heavy atom. The first-order chi connectivity index (χ1) is 12.4. The van der Waals surface area contributed by atoms with Gasteiger partial charge in [-0.1, -0.05) is 6.92 Å². The van der Waals surface area contributed by atoms with Gasteiger partial charge in [-0.3, -0.25) is 18.3 Å². The van der Waals surface area contributed by atoms with Crippen LogP contribution in [0.15, 0.2) is 15.8 Å². The maximum Gasteiger partial charge on any atom is 0.332 e. The zero-order valence-corrected chi connectivity index (χ0v) is 15.9. The molecule has 0 aliphatic carbocycles. The van der Waals surface area contributed by atoms with E-state index in [1.54, 1.807) is 7.05 Å². The fourth-order valence-corrected chi connectivity index (χ4v) is 4.14. The third-order valence-electron chi connectivity index (χ3n) is 5.64. The maximum atomic E-state index is 12.6. The van der Waals surface area contributed by atoms with E-state index in [9.17, 15) is 9.59 Å². The van der Waals surface area contributed by atoms with Gasteiger partial charge >= 0.3 is 5.69 Å². The summed E-state index contributed by atoms with van der Waals surface area (Å²) in [5, 5.41) is 0.